The van der Waals surface area contributed by atoms with Crippen molar-refractivity contribution in [2.75, 3.05) is 33.2 Å². The van der Waals surface area contributed by atoms with Gasteiger partial charge in [0.05, 0.1) is 16.2 Å². The molecule has 3 heterocycles. The molecule has 2 fully saturated rings. The minimum absolute atomic E-state index is 0.00572. The first-order valence-electron chi connectivity index (χ1n) is 12.1. The molecule has 0 N–H and O–H groups in total. The molecular weight excluding hydrogens is 525 g/mol. The Morgan fingerprint density at radius 1 is 1.00 bits per heavy atom. The number of piperidine rings is 2. The van der Waals surface area contributed by atoms with Crippen molar-refractivity contribution in [3.8, 4) is 0 Å². The molecule has 2 aliphatic rings. The van der Waals surface area contributed by atoms with E-state index in [0.717, 1.165) is 11.8 Å². The maximum Gasteiger partial charge on any atom is 0.275 e. The van der Waals surface area contributed by atoms with E-state index in [4.69, 9.17) is 23.2 Å². The minimum atomic E-state index is -1.03. The molecule has 1 aromatic carbocycles. The number of aromatic nitrogens is 1. The molecule has 7 nitrogen and oxygen atoms in total. The van der Waals surface area contributed by atoms with Crippen LogP contribution in [0, 0.1) is 17.6 Å². The molecule has 0 saturated carbocycles. The second-order valence-electron chi connectivity index (χ2n) is 9.60. The normalized spacial score (nSPS) is 20.6. The number of benzene rings is 1. The van der Waals surface area contributed by atoms with Gasteiger partial charge in [-0.3, -0.25) is 14.4 Å². The van der Waals surface area contributed by atoms with Crippen molar-refractivity contribution >= 4 is 40.9 Å². The number of carbonyl (C=O) groups is 3. The van der Waals surface area contributed by atoms with E-state index in [1.54, 1.807) is 35.0 Å². The zero-order valence-electron chi connectivity index (χ0n) is 20.6. The van der Waals surface area contributed by atoms with Crippen molar-refractivity contribution in [3.05, 3.63) is 63.4 Å². The number of amides is 3. The van der Waals surface area contributed by atoms with Gasteiger partial charge < -0.3 is 14.7 Å². The van der Waals surface area contributed by atoms with Crippen LogP contribution in [0.1, 0.15) is 48.2 Å². The van der Waals surface area contributed by atoms with Crippen molar-refractivity contribution in [1.82, 2.24) is 19.7 Å². The number of carbonyl (C=O) groups excluding carboxylic acids is 3. The summed E-state index contributed by atoms with van der Waals surface area (Å²) in [5, 5.41) is 0.725. The molecule has 0 aliphatic carbocycles. The number of hydrogen-bond donors (Lipinski definition) is 0. The molecule has 0 bridgehead atoms. The average molecular weight is 553 g/mol. The third-order valence-electron chi connectivity index (χ3n) is 7.38. The third-order valence-corrected chi connectivity index (χ3v) is 8.12. The van der Waals surface area contributed by atoms with Crippen molar-refractivity contribution in [2.45, 2.75) is 38.1 Å². The van der Waals surface area contributed by atoms with E-state index in [1.165, 1.54) is 11.8 Å². The Hall–Kier alpha value is -2.78. The second-order valence-corrected chi connectivity index (χ2v) is 10.4. The molecule has 11 heteroatoms. The molecular formula is C26H28Cl2F2N4O3. The molecule has 198 valence electrons. The highest BCUT2D eigenvalue weighted by Gasteiger charge is 2.39. The van der Waals surface area contributed by atoms with Crippen molar-refractivity contribution < 1.29 is 23.2 Å². The molecule has 2 saturated heterocycles. The highest BCUT2D eigenvalue weighted by Crippen LogP contribution is 2.35. The van der Waals surface area contributed by atoms with Crippen LogP contribution in [-0.4, -0.2) is 76.7 Å². The smallest absolute Gasteiger partial charge is 0.275 e. The van der Waals surface area contributed by atoms with Gasteiger partial charge in [-0.2, -0.15) is 0 Å². The van der Waals surface area contributed by atoms with Crippen molar-refractivity contribution in [2.24, 2.45) is 5.92 Å². The predicted molar refractivity (Wildman–Crippen MR) is 135 cm³/mol. The minimum Gasteiger partial charge on any atom is -0.343 e. The van der Waals surface area contributed by atoms with Gasteiger partial charge in [0.25, 0.3) is 5.91 Å². The van der Waals surface area contributed by atoms with Crippen LogP contribution in [0.5, 0.6) is 0 Å². The lowest BCUT2D eigenvalue weighted by Crippen LogP contribution is -2.53. The SMILES string of the molecule is CC(=O)N1CCC(C(=O)N2CC[C@@H](N(C)C(=O)c3ncc(F)cc3F)[C@H](c3ccc(Cl)c(Cl)c3)C2)CC1. The van der Waals surface area contributed by atoms with Gasteiger partial charge in [0.1, 0.15) is 5.82 Å². The van der Waals surface area contributed by atoms with Crippen molar-refractivity contribution in [3.63, 3.8) is 0 Å². The standard InChI is InChI=1S/C26H28Cl2F2N4O3/c1-15(35)33-8-5-16(6-9-33)25(36)34-10-7-23(19(14-34)17-3-4-20(27)21(28)11-17)32(2)26(37)24-22(30)12-18(29)13-31-24/h3-4,11-13,16,19,23H,5-10,14H2,1-2H3/t19-,23+/m0/s1. The summed E-state index contributed by atoms with van der Waals surface area (Å²) in [6.45, 7) is 3.36. The zero-order chi connectivity index (χ0) is 26.9. The summed E-state index contributed by atoms with van der Waals surface area (Å²) >= 11 is 12.4. The number of nitrogens with zero attached hydrogens (tertiary/aromatic N) is 4. The third kappa shape index (κ3) is 5.88. The first-order chi connectivity index (χ1) is 17.6. The average Bonchev–Trinajstić information content (AvgIpc) is 2.88. The molecule has 37 heavy (non-hydrogen) atoms. The number of pyridine rings is 1. The van der Waals surface area contributed by atoms with E-state index in [2.05, 4.69) is 4.98 Å². The van der Waals surface area contributed by atoms with Crippen LogP contribution in [0.4, 0.5) is 8.78 Å². The number of likely N-dealkylation sites (N-methyl/N-ethyl adjacent to an activating group) is 1. The monoisotopic (exact) mass is 552 g/mol. The fourth-order valence-electron chi connectivity index (χ4n) is 5.26. The van der Waals surface area contributed by atoms with Gasteiger partial charge in [-0.1, -0.05) is 29.3 Å². The summed E-state index contributed by atoms with van der Waals surface area (Å²) in [6.07, 6.45) is 2.45. The van der Waals surface area contributed by atoms with Crippen molar-refractivity contribution in [1.29, 1.82) is 0 Å². The van der Waals surface area contributed by atoms with E-state index in [1.807, 2.05) is 0 Å². The molecule has 1 aromatic heterocycles. The molecule has 2 aromatic rings. The van der Waals surface area contributed by atoms with E-state index >= 15 is 0 Å². The summed E-state index contributed by atoms with van der Waals surface area (Å²) in [5.74, 6) is -3.07. The number of halogens is 4. The van der Waals surface area contributed by atoms with Crippen LogP contribution in [0.3, 0.4) is 0 Å². The van der Waals surface area contributed by atoms with Gasteiger partial charge in [0.2, 0.25) is 11.8 Å². The second kappa shape index (κ2) is 11.3. The van der Waals surface area contributed by atoms with Gasteiger partial charge in [-0.15, -0.1) is 0 Å². The van der Waals surface area contributed by atoms with Gasteiger partial charge in [0.15, 0.2) is 11.5 Å². The number of rotatable bonds is 4. The van der Waals surface area contributed by atoms with Crippen LogP contribution < -0.4 is 0 Å². The first-order valence-corrected chi connectivity index (χ1v) is 12.9. The summed E-state index contributed by atoms with van der Waals surface area (Å²) in [7, 11) is 1.55. The van der Waals surface area contributed by atoms with E-state index < -0.39 is 29.3 Å². The Bertz CT molecular complexity index is 1210. The van der Waals surface area contributed by atoms with Crippen LogP contribution in [-0.2, 0) is 9.59 Å². The van der Waals surface area contributed by atoms with Crippen LogP contribution in [0.25, 0.3) is 0 Å². The molecule has 0 unspecified atom stereocenters. The van der Waals surface area contributed by atoms with E-state index in [9.17, 15) is 23.2 Å². The Kier molecular flexibility index (Phi) is 8.33. The quantitative estimate of drug-likeness (QED) is 0.564. The molecule has 0 spiro atoms. The lowest BCUT2D eigenvalue weighted by molar-refractivity contribution is -0.141. The first kappa shape index (κ1) is 27.3. The van der Waals surface area contributed by atoms with Gasteiger partial charge in [-0.05, 0) is 37.0 Å². The highest BCUT2D eigenvalue weighted by molar-refractivity contribution is 6.42. The fourth-order valence-corrected chi connectivity index (χ4v) is 5.57. The molecule has 0 radical (unpaired) electrons. The topological polar surface area (TPSA) is 73.8 Å². The van der Waals surface area contributed by atoms with Gasteiger partial charge in [0, 0.05) is 64.1 Å². The predicted octanol–water partition coefficient (Wildman–Crippen LogP) is 4.38. The Morgan fingerprint density at radius 3 is 2.30 bits per heavy atom. The Balaban J connectivity index is 1.57. The van der Waals surface area contributed by atoms with Gasteiger partial charge in [-0.25, -0.2) is 13.8 Å². The molecule has 2 atom stereocenters. The summed E-state index contributed by atoms with van der Waals surface area (Å²) in [4.78, 5) is 46.9. The Labute approximate surface area is 224 Å². The fraction of sp³-hybridized carbons (Fsp3) is 0.462. The number of hydrogen-bond acceptors (Lipinski definition) is 4. The molecule has 4 rings (SSSR count). The largest absolute Gasteiger partial charge is 0.343 e. The summed E-state index contributed by atoms with van der Waals surface area (Å²) in [5.41, 5.74) is 0.322. The maximum absolute atomic E-state index is 14.3. The van der Waals surface area contributed by atoms with Crippen LogP contribution in [0.2, 0.25) is 10.0 Å². The number of likely N-dealkylation sites (tertiary alicyclic amines) is 2. The molecule has 3 amide bonds. The van der Waals surface area contributed by atoms with E-state index in [0.29, 0.717) is 61.6 Å². The van der Waals surface area contributed by atoms with E-state index in [-0.39, 0.29) is 23.7 Å². The maximum atomic E-state index is 14.3. The van der Waals surface area contributed by atoms with Crippen LogP contribution >= 0.6 is 23.2 Å². The summed E-state index contributed by atoms with van der Waals surface area (Å²) < 4.78 is 27.7. The van der Waals surface area contributed by atoms with Crippen LogP contribution in [0.15, 0.2) is 30.5 Å². The van der Waals surface area contributed by atoms with Gasteiger partial charge >= 0.3 is 0 Å². The lowest BCUT2D eigenvalue weighted by Gasteiger charge is -2.44. The Morgan fingerprint density at radius 2 is 1.68 bits per heavy atom. The molecule has 2 aliphatic heterocycles. The zero-order valence-corrected chi connectivity index (χ0v) is 22.1. The highest BCUT2D eigenvalue weighted by atomic mass is 35.5. The summed E-state index contributed by atoms with van der Waals surface area (Å²) in [6, 6.07) is 5.41. The lowest BCUT2D eigenvalue weighted by atomic mass is 9.84.